The molecule has 0 atom stereocenters. The predicted octanol–water partition coefficient (Wildman–Crippen LogP) is 2.79. The Morgan fingerprint density at radius 1 is 1.08 bits per heavy atom. The van der Waals surface area contributed by atoms with Gasteiger partial charge in [-0.2, -0.15) is 0 Å². The fourth-order valence-corrected chi connectivity index (χ4v) is 2.19. The highest BCUT2D eigenvalue weighted by Crippen LogP contribution is 2.35. The number of nitrogens with zero attached hydrogens (tertiary/aromatic N) is 1. The molecule has 0 saturated carbocycles. The number of hydrogen-bond donors (Lipinski definition) is 1. The van der Waals surface area contributed by atoms with Crippen LogP contribution in [0.15, 0.2) is 28.7 Å². The minimum Gasteiger partial charge on any atom is -0.462 e. The standard InChI is InChI=1S/C16H16N2O7/c1-3-23-15(19)11-12(16(20)24-4-2)14(17)25-13(11)9-5-7-10(8-6-9)18(21)22/h5-8H,3-4,17H2,1-2H3. The minimum absolute atomic E-state index is 0.0195. The number of esters is 2. The molecule has 0 radical (unpaired) electrons. The van der Waals surface area contributed by atoms with Gasteiger partial charge in [0.2, 0.25) is 5.88 Å². The molecular weight excluding hydrogens is 332 g/mol. The van der Waals surface area contributed by atoms with Gasteiger partial charge < -0.3 is 19.6 Å². The molecule has 0 aliphatic rings. The second-order valence-corrected chi connectivity index (χ2v) is 4.79. The highest BCUT2D eigenvalue weighted by atomic mass is 16.6. The summed E-state index contributed by atoms with van der Waals surface area (Å²) >= 11 is 0. The van der Waals surface area contributed by atoms with Gasteiger partial charge in [-0.3, -0.25) is 10.1 Å². The Balaban J connectivity index is 2.60. The first-order valence-electron chi connectivity index (χ1n) is 7.42. The first-order chi connectivity index (χ1) is 11.9. The third-order valence-electron chi connectivity index (χ3n) is 3.23. The van der Waals surface area contributed by atoms with Gasteiger partial charge in [-0.15, -0.1) is 0 Å². The summed E-state index contributed by atoms with van der Waals surface area (Å²) in [6.45, 7) is 3.37. The van der Waals surface area contributed by atoms with Crippen molar-refractivity contribution >= 4 is 23.5 Å². The summed E-state index contributed by atoms with van der Waals surface area (Å²) in [5, 5.41) is 10.8. The van der Waals surface area contributed by atoms with E-state index >= 15 is 0 Å². The average Bonchev–Trinajstić information content (AvgIpc) is 2.93. The van der Waals surface area contributed by atoms with Crippen molar-refractivity contribution in [1.29, 1.82) is 0 Å². The molecule has 0 aliphatic carbocycles. The lowest BCUT2D eigenvalue weighted by Gasteiger charge is -2.05. The monoisotopic (exact) mass is 348 g/mol. The third kappa shape index (κ3) is 3.60. The fraction of sp³-hybridized carbons (Fsp3) is 0.250. The van der Waals surface area contributed by atoms with Gasteiger partial charge in [0.15, 0.2) is 5.76 Å². The first kappa shape index (κ1) is 18.0. The lowest BCUT2D eigenvalue weighted by molar-refractivity contribution is -0.384. The Bertz CT molecular complexity index is 809. The maximum absolute atomic E-state index is 12.3. The maximum atomic E-state index is 12.3. The Kier molecular flexibility index (Phi) is 5.38. The number of ether oxygens (including phenoxy) is 2. The molecule has 1 aromatic heterocycles. The molecule has 0 aliphatic heterocycles. The van der Waals surface area contributed by atoms with Crippen molar-refractivity contribution in [2.24, 2.45) is 0 Å². The molecule has 2 rings (SSSR count). The van der Waals surface area contributed by atoms with Crippen LogP contribution in [0.1, 0.15) is 34.6 Å². The summed E-state index contributed by atoms with van der Waals surface area (Å²) < 4.78 is 15.2. The van der Waals surface area contributed by atoms with Gasteiger partial charge in [0.1, 0.15) is 11.1 Å². The van der Waals surface area contributed by atoms with E-state index in [-0.39, 0.29) is 41.7 Å². The SMILES string of the molecule is CCOC(=O)c1c(N)oc(-c2ccc([N+](=O)[O-])cc2)c1C(=O)OCC. The van der Waals surface area contributed by atoms with Crippen LogP contribution in [-0.2, 0) is 9.47 Å². The van der Waals surface area contributed by atoms with E-state index in [0.717, 1.165) is 0 Å². The van der Waals surface area contributed by atoms with Crippen molar-refractivity contribution in [2.45, 2.75) is 13.8 Å². The molecule has 1 heterocycles. The molecule has 25 heavy (non-hydrogen) atoms. The zero-order valence-corrected chi connectivity index (χ0v) is 13.6. The fourth-order valence-electron chi connectivity index (χ4n) is 2.19. The van der Waals surface area contributed by atoms with Crippen LogP contribution in [0, 0.1) is 10.1 Å². The molecule has 132 valence electrons. The first-order valence-corrected chi connectivity index (χ1v) is 7.42. The van der Waals surface area contributed by atoms with Crippen molar-refractivity contribution < 1.29 is 28.4 Å². The van der Waals surface area contributed by atoms with Crippen LogP contribution in [0.5, 0.6) is 0 Å². The number of non-ortho nitro benzene ring substituents is 1. The van der Waals surface area contributed by atoms with Crippen LogP contribution in [0.4, 0.5) is 11.6 Å². The smallest absolute Gasteiger partial charge is 0.344 e. The number of nitro benzene ring substituents is 1. The van der Waals surface area contributed by atoms with E-state index in [1.807, 2.05) is 0 Å². The van der Waals surface area contributed by atoms with Gasteiger partial charge in [0, 0.05) is 17.7 Å². The average molecular weight is 348 g/mol. The van der Waals surface area contributed by atoms with E-state index in [0.29, 0.717) is 5.56 Å². The van der Waals surface area contributed by atoms with Crippen LogP contribution < -0.4 is 5.73 Å². The number of nitrogen functional groups attached to an aromatic ring is 1. The molecule has 0 bridgehead atoms. The van der Waals surface area contributed by atoms with Crippen molar-refractivity contribution in [2.75, 3.05) is 18.9 Å². The summed E-state index contributed by atoms with van der Waals surface area (Å²) in [5.74, 6) is -1.94. The molecule has 9 heteroatoms. The Morgan fingerprint density at radius 2 is 1.60 bits per heavy atom. The zero-order chi connectivity index (χ0) is 18.6. The predicted molar refractivity (Wildman–Crippen MR) is 87.1 cm³/mol. The lowest BCUT2D eigenvalue weighted by Crippen LogP contribution is -2.14. The topological polar surface area (TPSA) is 135 Å². The number of carbonyl (C=O) groups excluding carboxylic acids is 2. The molecule has 1 aromatic carbocycles. The number of furan rings is 1. The minimum atomic E-state index is -0.819. The van der Waals surface area contributed by atoms with E-state index in [4.69, 9.17) is 19.6 Å². The van der Waals surface area contributed by atoms with Crippen molar-refractivity contribution in [1.82, 2.24) is 0 Å². The zero-order valence-electron chi connectivity index (χ0n) is 13.6. The summed E-state index contributed by atoms with van der Waals surface area (Å²) in [4.78, 5) is 34.6. The molecule has 2 N–H and O–H groups in total. The largest absolute Gasteiger partial charge is 0.462 e. The number of benzene rings is 1. The number of rotatable bonds is 6. The number of anilines is 1. The van der Waals surface area contributed by atoms with Crippen LogP contribution in [0.2, 0.25) is 0 Å². The summed E-state index contributed by atoms with van der Waals surface area (Å²) in [5.41, 5.74) is 5.53. The van der Waals surface area contributed by atoms with Crippen LogP contribution in [-0.4, -0.2) is 30.1 Å². The summed E-state index contributed by atoms with van der Waals surface area (Å²) in [7, 11) is 0. The Morgan fingerprint density at radius 3 is 2.08 bits per heavy atom. The Labute approximate surface area is 142 Å². The second-order valence-electron chi connectivity index (χ2n) is 4.79. The Hall–Kier alpha value is -3.36. The summed E-state index contributed by atoms with van der Waals surface area (Å²) in [6, 6.07) is 5.25. The highest BCUT2D eigenvalue weighted by Gasteiger charge is 2.31. The van der Waals surface area contributed by atoms with Gasteiger partial charge in [-0.1, -0.05) is 0 Å². The summed E-state index contributed by atoms with van der Waals surface area (Å²) in [6.07, 6.45) is 0. The van der Waals surface area contributed by atoms with Crippen LogP contribution in [0.3, 0.4) is 0 Å². The molecule has 0 amide bonds. The molecule has 2 aromatic rings. The van der Waals surface area contributed by atoms with Crippen molar-refractivity contribution in [3.63, 3.8) is 0 Å². The molecule has 0 saturated heterocycles. The number of carbonyl (C=O) groups is 2. The van der Waals surface area contributed by atoms with Gasteiger partial charge in [-0.25, -0.2) is 9.59 Å². The van der Waals surface area contributed by atoms with E-state index in [2.05, 4.69) is 0 Å². The number of hydrogen-bond acceptors (Lipinski definition) is 8. The number of nitro groups is 1. The lowest BCUT2D eigenvalue weighted by atomic mass is 10.0. The molecular formula is C16H16N2O7. The second kappa shape index (κ2) is 7.47. The van der Waals surface area contributed by atoms with E-state index in [1.165, 1.54) is 24.3 Å². The van der Waals surface area contributed by atoms with Gasteiger partial charge in [-0.05, 0) is 26.0 Å². The van der Waals surface area contributed by atoms with E-state index < -0.39 is 16.9 Å². The third-order valence-corrected chi connectivity index (χ3v) is 3.23. The van der Waals surface area contributed by atoms with E-state index in [9.17, 15) is 19.7 Å². The van der Waals surface area contributed by atoms with Gasteiger partial charge >= 0.3 is 11.9 Å². The molecule has 0 spiro atoms. The molecule has 0 fully saturated rings. The maximum Gasteiger partial charge on any atom is 0.344 e. The molecule has 0 unspecified atom stereocenters. The van der Waals surface area contributed by atoms with Crippen LogP contribution in [0.25, 0.3) is 11.3 Å². The van der Waals surface area contributed by atoms with Crippen LogP contribution >= 0.6 is 0 Å². The molecule has 9 nitrogen and oxygen atoms in total. The highest BCUT2D eigenvalue weighted by molar-refractivity contribution is 6.10. The van der Waals surface area contributed by atoms with E-state index in [1.54, 1.807) is 13.8 Å². The number of nitrogens with two attached hydrogens (primary N) is 1. The van der Waals surface area contributed by atoms with Gasteiger partial charge in [0.25, 0.3) is 5.69 Å². The normalized spacial score (nSPS) is 10.3. The van der Waals surface area contributed by atoms with Gasteiger partial charge in [0.05, 0.1) is 18.1 Å². The van der Waals surface area contributed by atoms with Crippen molar-refractivity contribution in [3.05, 3.63) is 45.5 Å². The quantitative estimate of drug-likeness (QED) is 0.478. The van der Waals surface area contributed by atoms with Crippen molar-refractivity contribution in [3.8, 4) is 11.3 Å².